The van der Waals surface area contributed by atoms with Gasteiger partial charge >= 0.3 is 5.97 Å². The fraction of sp³-hybridized carbons (Fsp3) is 0.312. The summed E-state index contributed by atoms with van der Waals surface area (Å²) in [6, 6.07) is 22.8. The molecule has 210 valence electrons. The zero-order chi connectivity index (χ0) is 29.3. The van der Waals surface area contributed by atoms with Gasteiger partial charge in [-0.3, -0.25) is 9.59 Å². The highest BCUT2D eigenvalue weighted by molar-refractivity contribution is 5.75. The van der Waals surface area contributed by atoms with Gasteiger partial charge in [-0.1, -0.05) is 74.5 Å². The molecular weight excluding hydrogens is 504 g/mol. The van der Waals surface area contributed by atoms with Crippen molar-refractivity contribution in [3.63, 3.8) is 0 Å². The maximum Gasteiger partial charge on any atom is 0.321 e. The minimum atomic E-state index is -0.871. The van der Waals surface area contributed by atoms with Crippen LogP contribution in [-0.4, -0.2) is 46.6 Å². The molecule has 0 saturated heterocycles. The Morgan fingerprint density at radius 2 is 1.55 bits per heavy atom. The molecule has 0 radical (unpaired) electrons. The van der Waals surface area contributed by atoms with Crippen LogP contribution in [0, 0.1) is 0 Å². The average molecular weight is 543 g/mol. The van der Waals surface area contributed by atoms with E-state index in [4.69, 9.17) is 9.63 Å². The van der Waals surface area contributed by atoms with Crippen LogP contribution in [0.2, 0.25) is 0 Å². The zero-order valence-electron chi connectivity index (χ0n) is 23.9. The first kappa shape index (κ1) is 30.2. The van der Waals surface area contributed by atoms with Gasteiger partial charge in [-0.25, -0.2) is 0 Å². The summed E-state index contributed by atoms with van der Waals surface area (Å²) in [5, 5.41) is 19.3. The molecule has 1 atom stereocenters. The van der Waals surface area contributed by atoms with E-state index in [1.165, 1.54) is 5.56 Å². The van der Waals surface area contributed by atoms with Gasteiger partial charge in [-0.15, -0.1) is 0 Å². The van der Waals surface area contributed by atoms with Gasteiger partial charge in [0.15, 0.2) is 0 Å². The lowest BCUT2D eigenvalue weighted by Gasteiger charge is -2.18. The number of carboxylic acids is 1. The van der Waals surface area contributed by atoms with Gasteiger partial charge in [-0.2, -0.15) is 4.98 Å². The summed E-state index contributed by atoms with van der Waals surface area (Å²) in [5.41, 5.74) is 5.78. The normalized spacial score (nSPS) is 11.9. The van der Waals surface area contributed by atoms with E-state index >= 15 is 0 Å². The van der Waals surface area contributed by atoms with Crippen LogP contribution in [0.5, 0.6) is 0 Å². The Morgan fingerprint density at radius 1 is 0.950 bits per heavy atom. The van der Waals surface area contributed by atoms with E-state index < -0.39 is 12.0 Å². The lowest BCUT2D eigenvalue weighted by molar-refractivity contribution is -0.139. The van der Waals surface area contributed by atoms with Crippen molar-refractivity contribution < 1.29 is 19.2 Å². The van der Waals surface area contributed by atoms with Crippen molar-refractivity contribution in [2.24, 2.45) is 0 Å². The van der Waals surface area contributed by atoms with Crippen LogP contribution in [0.25, 0.3) is 22.8 Å². The van der Waals surface area contributed by atoms with Crippen LogP contribution in [0.1, 0.15) is 56.1 Å². The number of carbonyl (C=O) groups is 2. The number of aliphatic carboxylic acids is 1. The smallest absolute Gasteiger partial charge is 0.321 e. The third-order valence-electron chi connectivity index (χ3n) is 6.22. The largest absolute Gasteiger partial charge is 0.480 e. The molecule has 4 aromatic rings. The van der Waals surface area contributed by atoms with E-state index in [2.05, 4.69) is 55.4 Å². The standard InChI is InChI=1S/C21H24N4O3.C11H14O/c1-13(2)23-17-10-8-16(9-11-17)20-24-19(25-28-20)15-6-4-14(5-7-15)12-18(22-3)21(26)27;1-11(2,3)10-6-4-9(8-12)5-7-10/h4-11,13,18,22-23H,12H2,1-3H3,(H,26,27);4-8H,1-3H3. The first-order valence-corrected chi connectivity index (χ1v) is 13.3. The molecule has 4 rings (SSSR count). The summed E-state index contributed by atoms with van der Waals surface area (Å²) < 4.78 is 5.40. The SMILES string of the molecule is CC(C)(C)c1ccc(C=O)cc1.CNC(Cc1ccc(-c2noc(-c3ccc(NC(C)C)cc3)n2)cc1)C(=O)O. The molecule has 8 heteroatoms. The van der Waals surface area contributed by atoms with Crippen molar-refractivity contribution >= 4 is 17.9 Å². The maximum absolute atomic E-state index is 11.1. The van der Waals surface area contributed by atoms with E-state index in [0.29, 0.717) is 24.2 Å². The maximum atomic E-state index is 11.1. The predicted molar refractivity (Wildman–Crippen MR) is 159 cm³/mol. The molecule has 0 bridgehead atoms. The summed E-state index contributed by atoms with van der Waals surface area (Å²) in [4.78, 5) is 26.0. The molecule has 1 heterocycles. The number of hydrogen-bond donors (Lipinski definition) is 3. The number of anilines is 1. The van der Waals surface area contributed by atoms with Gasteiger partial charge in [0.25, 0.3) is 5.89 Å². The number of rotatable bonds is 9. The quantitative estimate of drug-likeness (QED) is 0.213. The van der Waals surface area contributed by atoms with E-state index in [-0.39, 0.29) is 5.41 Å². The van der Waals surface area contributed by atoms with Crippen LogP contribution >= 0.6 is 0 Å². The molecule has 0 aliphatic heterocycles. The lowest BCUT2D eigenvalue weighted by Crippen LogP contribution is -2.35. The van der Waals surface area contributed by atoms with Crippen LogP contribution in [0.15, 0.2) is 77.3 Å². The number of nitrogens with zero attached hydrogens (tertiary/aromatic N) is 2. The number of aromatic nitrogens is 2. The molecule has 0 fully saturated rings. The summed E-state index contributed by atoms with van der Waals surface area (Å²) in [6.45, 7) is 10.6. The first-order valence-electron chi connectivity index (χ1n) is 13.3. The van der Waals surface area contributed by atoms with Crippen molar-refractivity contribution in [2.45, 2.75) is 58.5 Å². The van der Waals surface area contributed by atoms with Gasteiger partial charge in [0.2, 0.25) is 5.82 Å². The Balaban J connectivity index is 0.000000307. The number of hydrogen-bond acceptors (Lipinski definition) is 7. The molecular formula is C32H38N4O4. The van der Waals surface area contributed by atoms with E-state index in [1.54, 1.807) is 7.05 Å². The average Bonchev–Trinajstić information content (AvgIpc) is 3.42. The number of aldehydes is 1. The highest BCUT2D eigenvalue weighted by Gasteiger charge is 2.16. The van der Waals surface area contributed by atoms with Crippen molar-refractivity contribution in [3.8, 4) is 22.8 Å². The number of carboxylic acid groups (broad SMARTS) is 1. The monoisotopic (exact) mass is 542 g/mol. The van der Waals surface area contributed by atoms with Crippen molar-refractivity contribution in [2.75, 3.05) is 12.4 Å². The molecule has 40 heavy (non-hydrogen) atoms. The van der Waals surface area contributed by atoms with Crippen LogP contribution in [-0.2, 0) is 16.6 Å². The lowest BCUT2D eigenvalue weighted by atomic mass is 9.87. The number of benzene rings is 3. The fourth-order valence-electron chi connectivity index (χ4n) is 3.90. The zero-order valence-corrected chi connectivity index (χ0v) is 23.9. The third kappa shape index (κ3) is 8.61. The second kappa shape index (κ2) is 13.7. The molecule has 1 unspecified atom stereocenters. The van der Waals surface area contributed by atoms with E-state index in [1.807, 2.05) is 72.8 Å². The molecule has 0 saturated carbocycles. The molecule has 1 aromatic heterocycles. The van der Waals surface area contributed by atoms with Crippen molar-refractivity contribution in [3.05, 3.63) is 89.5 Å². The van der Waals surface area contributed by atoms with E-state index in [9.17, 15) is 9.59 Å². The molecule has 0 aliphatic carbocycles. The Bertz CT molecular complexity index is 1370. The summed E-state index contributed by atoms with van der Waals surface area (Å²) >= 11 is 0. The Morgan fingerprint density at radius 3 is 2.05 bits per heavy atom. The molecule has 0 amide bonds. The molecule has 3 N–H and O–H groups in total. The summed E-state index contributed by atoms with van der Waals surface area (Å²) in [7, 11) is 1.64. The minimum Gasteiger partial charge on any atom is -0.480 e. The van der Waals surface area contributed by atoms with Crippen molar-refractivity contribution in [1.29, 1.82) is 0 Å². The molecule has 0 aliphatic rings. The minimum absolute atomic E-state index is 0.168. The Labute approximate surface area is 235 Å². The van der Waals surface area contributed by atoms with Crippen LogP contribution in [0.3, 0.4) is 0 Å². The second-order valence-corrected chi connectivity index (χ2v) is 10.9. The molecule has 0 spiro atoms. The topological polar surface area (TPSA) is 117 Å². The van der Waals surface area contributed by atoms with Gasteiger partial charge in [0.1, 0.15) is 12.3 Å². The second-order valence-electron chi connectivity index (χ2n) is 10.9. The summed E-state index contributed by atoms with van der Waals surface area (Å²) in [6.07, 6.45) is 1.27. The number of nitrogens with one attached hydrogen (secondary N) is 2. The van der Waals surface area contributed by atoms with Gasteiger partial charge < -0.3 is 20.3 Å². The van der Waals surface area contributed by atoms with Gasteiger partial charge in [-0.05, 0) is 68.1 Å². The third-order valence-corrected chi connectivity index (χ3v) is 6.22. The molecule has 8 nitrogen and oxygen atoms in total. The van der Waals surface area contributed by atoms with E-state index in [0.717, 1.165) is 34.2 Å². The Hall–Kier alpha value is -4.30. The first-order chi connectivity index (χ1) is 19.0. The highest BCUT2D eigenvalue weighted by Crippen LogP contribution is 2.24. The number of carbonyl (C=O) groups excluding carboxylic acids is 1. The van der Waals surface area contributed by atoms with Crippen molar-refractivity contribution in [1.82, 2.24) is 15.5 Å². The van der Waals surface area contributed by atoms with Gasteiger partial charge in [0.05, 0.1) is 0 Å². The fourth-order valence-corrected chi connectivity index (χ4v) is 3.90. The molecule has 3 aromatic carbocycles. The number of likely N-dealkylation sites (N-methyl/N-ethyl adjacent to an activating group) is 1. The van der Waals surface area contributed by atoms with Crippen LogP contribution < -0.4 is 10.6 Å². The Kier molecular flexibility index (Phi) is 10.3. The van der Waals surface area contributed by atoms with Crippen LogP contribution in [0.4, 0.5) is 5.69 Å². The summed E-state index contributed by atoms with van der Waals surface area (Å²) in [5.74, 6) is 0.0784. The highest BCUT2D eigenvalue weighted by atomic mass is 16.5. The van der Waals surface area contributed by atoms with Gasteiger partial charge in [0, 0.05) is 28.4 Å². The predicted octanol–water partition coefficient (Wildman–Crippen LogP) is 6.24.